The van der Waals surface area contributed by atoms with E-state index in [1.807, 2.05) is 18.2 Å². The molecule has 1 aromatic heterocycles. The molecule has 8 nitrogen and oxygen atoms in total. The lowest BCUT2D eigenvalue weighted by atomic mass is 10.0. The zero-order valence-corrected chi connectivity index (χ0v) is 13.5. The van der Waals surface area contributed by atoms with Gasteiger partial charge in [-0.3, -0.25) is 4.79 Å². The SMILES string of the molecule is NC[C@H]1O[C@@H](CC(=O)N2CCN(c3ccccn3)CC2)[C@H](O)[C@@H]1O. The van der Waals surface area contributed by atoms with Crippen LogP contribution in [0.25, 0.3) is 0 Å². The lowest BCUT2D eigenvalue weighted by Crippen LogP contribution is -2.50. The molecule has 1 amide bonds. The van der Waals surface area contributed by atoms with Crippen molar-refractivity contribution in [3.63, 3.8) is 0 Å². The highest BCUT2D eigenvalue weighted by molar-refractivity contribution is 5.77. The number of nitrogens with zero attached hydrogens (tertiary/aromatic N) is 3. The number of ether oxygens (including phenoxy) is 1. The number of carbonyl (C=O) groups is 1. The first-order valence-electron chi connectivity index (χ1n) is 8.25. The van der Waals surface area contributed by atoms with E-state index in [1.54, 1.807) is 11.1 Å². The second-order valence-corrected chi connectivity index (χ2v) is 6.19. The van der Waals surface area contributed by atoms with E-state index >= 15 is 0 Å². The van der Waals surface area contributed by atoms with Crippen molar-refractivity contribution in [2.24, 2.45) is 5.73 Å². The van der Waals surface area contributed by atoms with Gasteiger partial charge in [-0.25, -0.2) is 4.98 Å². The molecule has 24 heavy (non-hydrogen) atoms. The predicted molar refractivity (Wildman–Crippen MR) is 87.4 cm³/mol. The van der Waals surface area contributed by atoms with Crippen LogP contribution in [0.2, 0.25) is 0 Å². The van der Waals surface area contributed by atoms with Crippen LogP contribution in [-0.4, -0.2) is 83.1 Å². The van der Waals surface area contributed by atoms with Crippen molar-refractivity contribution in [3.8, 4) is 0 Å². The van der Waals surface area contributed by atoms with Crippen LogP contribution in [0.1, 0.15) is 6.42 Å². The van der Waals surface area contributed by atoms with Crippen LogP contribution in [0.3, 0.4) is 0 Å². The number of aliphatic hydroxyl groups is 2. The van der Waals surface area contributed by atoms with Crippen LogP contribution in [0, 0.1) is 0 Å². The molecule has 1 aromatic rings. The van der Waals surface area contributed by atoms with Crippen molar-refractivity contribution < 1.29 is 19.7 Å². The van der Waals surface area contributed by atoms with Crippen molar-refractivity contribution in [1.82, 2.24) is 9.88 Å². The van der Waals surface area contributed by atoms with Crippen LogP contribution in [-0.2, 0) is 9.53 Å². The fraction of sp³-hybridized carbons (Fsp3) is 0.625. The van der Waals surface area contributed by atoms with Crippen LogP contribution < -0.4 is 10.6 Å². The maximum absolute atomic E-state index is 12.4. The van der Waals surface area contributed by atoms with Gasteiger partial charge in [-0.1, -0.05) is 6.07 Å². The van der Waals surface area contributed by atoms with Crippen LogP contribution >= 0.6 is 0 Å². The van der Waals surface area contributed by atoms with Crippen LogP contribution in [0.5, 0.6) is 0 Å². The zero-order valence-electron chi connectivity index (χ0n) is 13.5. The first kappa shape index (κ1) is 17.1. The third-order valence-corrected chi connectivity index (χ3v) is 4.68. The van der Waals surface area contributed by atoms with Gasteiger partial charge in [-0.15, -0.1) is 0 Å². The highest BCUT2D eigenvalue weighted by Crippen LogP contribution is 2.24. The second kappa shape index (κ2) is 7.43. The number of hydrogen-bond acceptors (Lipinski definition) is 7. The van der Waals surface area contributed by atoms with Gasteiger partial charge < -0.3 is 30.5 Å². The normalized spacial score (nSPS) is 30.6. The van der Waals surface area contributed by atoms with Gasteiger partial charge in [-0.2, -0.15) is 0 Å². The summed E-state index contributed by atoms with van der Waals surface area (Å²) in [5, 5.41) is 19.8. The van der Waals surface area contributed by atoms with E-state index in [0.29, 0.717) is 26.2 Å². The van der Waals surface area contributed by atoms with Gasteiger partial charge >= 0.3 is 0 Å². The number of piperazine rings is 1. The van der Waals surface area contributed by atoms with Crippen molar-refractivity contribution in [2.75, 3.05) is 37.6 Å². The maximum atomic E-state index is 12.4. The minimum atomic E-state index is -1.07. The molecule has 0 aliphatic carbocycles. The molecule has 0 unspecified atom stereocenters. The second-order valence-electron chi connectivity index (χ2n) is 6.19. The Balaban J connectivity index is 1.51. The average Bonchev–Trinajstić information content (AvgIpc) is 2.90. The van der Waals surface area contributed by atoms with Gasteiger partial charge in [0, 0.05) is 38.9 Å². The summed E-state index contributed by atoms with van der Waals surface area (Å²) in [5.74, 6) is 0.831. The maximum Gasteiger partial charge on any atom is 0.225 e. The summed E-state index contributed by atoms with van der Waals surface area (Å²) in [6.45, 7) is 2.74. The first-order valence-corrected chi connectivity index (χ1v) is 8.25. The monoisotopic (exact) mass is 336 g/mol. The highest BCUT2D eigenvalue weighted by Gasteiger charge is 2.43. The standard InChI is InChI=1S/C16H24N4O4/c17-10-12-16(23)15(22)11(24-12)9-14(21)20-7-5-19(6-8-20)13-3-1-2-4-18-13/h1-4,11-12,15-16,22-23H,5-10,17H2/t11-,12+,15-,16+/m0/s1. The number of pyridine rings is 1. The quantitative estimate of drug-likeness (QED) is 0.618. The fourth-order valence-electron chi connectivity index (χ4n) is 3.22. The number of hydrogen-bond donors (Lipinski definition) is 3. The van der Waals surface area contributed by atoms with E-state index in [0.717, 1.165) is 5.82 Å². The largest absolute Gasteiger partial charge is 0.388 e. The molecule has 2 aliphatic heterocycles. The van der Waals surface area contributed by atoms with Gasteiger partial charge in [0.25, 0.3) is 0 Å². The van der Waals surface area contributed by atoms with Crippen molar-refractivity contribution >= 4 is 11.7 Å². The van der Waals surface area contributed by atoms with Gasteiger partial charge in [-0.05, 0) is 12.1 Å². The van der Waals surface area contributed by atoms with Gasteiger partial charge in [0.15, 0.2) is 0 Å². The van der Waals surface area contributed by atoms with E-state index in [-0.39, 0.29) is 18.9 Å². The predicted octanol–water partition coefficient (Wildman–Crippen LogP) is -1.43. The number of amides is 1. The third-order valence-electron chi connectivity index (χ3n) is 4.68. The van der Waals surface area contributed by atoms with E-state index in [2.05, 4.69) is 9.88 Å². The summed E-state index contributed by atoms with van der Waals surface area (Å²) in [5.41, 5.74) is 5.49. The Bertz CT molecular complexity index is 550. The minimum absolute atomic E-state index is 0.0539. The molecule has 0 saturated carbocycles. The Kier molecular flexibility index (Phi) is 5.30. The fourth-order valence-corrected chi connectivity index (χ4v) is 3.22. The first-order chi connectivity index (χ1) is 11.6. The molecule has 4 N–H and O–H groups in total. The number of aromatic nitrogens is 1. The van der Waals surface area contributed by atoms with Gasteiger partial charge in [0.1, 0.15) is 18.0 Å². The molecular weight excluding hydrogens is 312 g/mol. The summed E-state index contributed by atoms with van der Waals surface area (Å²) in [6, 6.07) is 5.77. The van der Waals surface area contributed by atoms with E-state index < -0.39 is 24.4 Å². The zero-order chi connectivity index (χ0) is 17.1. The Morgan fingerprint density at radius 2 is 1.92 bits per heavy atom. The Morgan fingerprint density at radius 3 is 2.50 bits per heavy atom. The van der Waals surface area contributed by atoms with Crippen LogP contribution in [0.4, 0.5) is 5.82 Å². The number of rotatable bonds is 4. The Labute approximate surface area is 140 Å². The molecule has 2 fully saturated rings. The molecule has 0 bridgehead atoms. The Hall–Kier alpha value is -1.74. The molecule has 2 aliphatic rings. The van der Waals surface area contributed by atoms with Crippen molar-refractivity contribution in [3.05, 3.63) is 24.4 Å². The summed E-state index contributed by atoms with van der Waals surface area (Å²) in [7, 11) is 0. The third kappa shape index (κ3) is 3.51. The molecule has 0 radical (unpaired) electrons. The number of aliphatic hydroxyl groups excluding tert-OH is 2. The highest BCUT2D eigenvalue weighted by atomic mass is 16.5. The van der Waals surface area contributed by atoms with E-state index in [9.17, 15) is 15.0 Å². The Morgan fingerprint density at radius 1 is 1.21 bits per heavy atom. The van der Waals surface area contributed by atoms with Crippen molar-refractivity contribution in [2.45, 2.75) is 30.8 Å². The number of anilines is 1. The summed E-state index contributed by atoms with van der Waals surface area (Å²) in [4.78, 5) is 20.7. The summed E-state index contributed by atoms with van der Waals surface area (Å²) in [6.07, 6.45) is -1.61. The molecule has 0 spiro atoms. The summed E-state index contributed by atoms with van der Waals surface area (Å²) >= 11 is 0. The van der Waals surface area contributed by atoms with Crippen molar-refractivity contribution in [1.29, 1.82) is 0 Å². The average molecular weight is 336 g/mol. The smallest absolute Gasteiger partial charge is 0.225 e. The summed E-state index contributed by atoms with van der Waals surface area (Å²) < 4.78 is 5.49. The number of nitrogens with two attached hydrogens (primary N) is 1. The molecule has 0 aromatic carbocycles. The molecule has 4 atom stereocenters. The molecule has 3 rings (SSSR count). The molecule has 8 heteroatoms. The molecule has 132 valence electrons. The van der Waals surface area contributed by atoms with Crippen LogP contribution in [0.15, 0.2) is 24.4 Å². The lowest BCUT2D eigenvalue weighted by Gasteiger charge is -2.36. The van der Waals surface area contributed by atoms with Gasteiger partial charge in [0.05, 0.1) is 18.6 Å². The minimum Gasteiger partial charge on any atom is -0.388 e. The lowest BCUT2D eigenvalue weighted by molar-refractivity contribution is -0.135. The molecular formula is C16H24N4O4. The van der Waals surface area contributed by atoms with Gasteiger partial charge in [0.2, 0.25) is 5.91 Å². The molecule has 3 heterocycles. The molecule has 2 saturated heterocycles. The topological polar surface area (TPSA) is 112 Å². The number of carbonyl (C=O) groups excluding carboxylic acids is 1. The van der Waals surface area contributed by atoms with E-state index in [4.69, 9.17) is 10.5 Å². The van der Waals surface area contributed by atoms with E-state index in [1.165, 1.54) is 0 Å².